The van der Waals surface area contributed by atoms with Gasteiger partial charge in [0, 0.05) is 5.69 Å². The Bertz CT molecular complexity index is 647. The van der Waals surface area contributed by atoms with Crippen LogP contribution < -0.4 is 5.32 Å². The molecule has 0 aliphatic heterocycles. The molecular formula is C13H9Cl2FN2O. The topological polar surface area (TPSA) is 42.0 Å². The van der Waals surface area contributed by atoms with E-state index in [2.05, 4.69) is 10.3 Å². The molecule has 0 saturated carbocycles. The predicted molar refractivity (Wildman–Crippen MR) is 73.3 cm³/mol. The normalized spacial score (nSPS) is 10.3. The molecule has 0 spiro atoms. The highest BCUT2D eigenvalue weighted by atomic mass is 35.5. The van der Waals surface area contributed by atoms with Gasteiger partial charge in [0.05, 0.1) is 5.02 Å². The van der Waals surface area contributed by atoms with Crippen molar-refractivity contribution in [2.24, 2.45) is 0 Å². The number of amides is 1. The first-order valence-electron chi connectivity index (χ1n) is 5.37. The van der Waals surface area contributed by atoms with E-state index in [9.17, 15) is 9.18 Å². The summed E-state index contributed by atoms with van der Waals surface area (Å²) in [6, 6.07) is 7.07. The molecular weight excluding hydrogens is 290 g/mol. The van der Waals surface area contributed by atoms with Crippen molar-refractivity contribution in [3.8, 4) is 0 Å². The molecule has 0 bridgehead atoms. The lowest BCUT2D eigenvalue weighted by molar-refractivity contribution is 0.102. The van der Waals surface area contributed by atoms with E-state index in [1.807, 2.05) is 0 Å². The van der Waals surface area contributed by atoms with Gasteiger partial charge in [-0.1, -0.05) is 29.3 Å². The zero-order chi connectivity index (χ0) is 14.0. The highest BCUT2D eigenvalue weighted by Gasteiger charge is 2.14. The number of carbonyl (C=O) groups is 1. The number of aryl methyl sites for hydroxylation is 1. The second kappa shape index (κ2) is 5.55. The van der Waals surface area contributed by atoms with E-state index in [-0.39, 0.29) is 15.9 Å². The van der Waals surface area contributed by atoms with Gasteiger partial charge in [-0.15, -0.1) is 0 Å². The third kappa shape index (κ3) is 3.22. The number of nitrogens with one attached hydrogen (secondary N) is 1. The van der Waals surface area contributed by atoms with Crippen LogP contribution in [-0.4, -0.2) is 10.9 Å². The number of carbonyl (C=O) groups excluding carboxylic acids is 1. The van der Waals surface area contributed by atoms with Crippen LogP contribution in [0.15, 0.2) is 30.3 Å². The van der Waals surface area contributed by atoms with Crippen molar-refractivity contribution in [1.82, 2.24) is 4.98 Å². The molecule has 1 aromatic carbocycles. The Morgan fingerprint density at radius 2 is 2.00 bits per heavy atom. The fraction of sp³-hybridized carbons (Fsp3) is 0.0769. The Labute approximate surface area is 119 Å². The van der Waals surface area contributed by atoms with Crippen LogP contribution in [0.25, 0.3) is 0 Å². The molecule has 0 aliphatic rings. The molecule has 6 heteroatoms. The van der Waals surface area contributed by atoms with Crippen molar-refractivity contribution < 1.29 is 9.18 Å². The van der Waals surface area contributed by atoms with Gasteiger partial charge in [-0.05, 0) is 36.8 Å². The molecule has 3 nitrogen and oxygen atoms in total. The van der Waals surface area contributed by atoms with Crippen LogP contribution in [0.1, 0.15) is 16.1 Å². The molecule has 0 saturated heterocycles. The number of halogens is 3. The van der Waals surface area contributed by atoms with Gasteiger partial charge in [-0.25, -0.2) is 9.37 Å². The van der Waals surface area contributed by atoms with E-state index in [0.717, 1.165) is 5.56 Å². The molecule has 98 valence electrons. The van der Waals surface area contributed by atoms with Crippen LogP contribution in [0.3, 0.4) is 0 Å². The predicted octanol–water partition coefficient (Wildman–Crippen LogP) is 4.09. The lowest BCUT2D eigenvalue weighted by atomic mass is 10.2. The Kier molecular flexibility index (Phi) is 4.02. The maximum atomic E-state index is 13.1. The van der Waals surface area contributed by atoms with Gasteiger partial charge in [0.2, 0.25) is 0 Å². The van der Waals surface area contributed by atoms with Crippen molar-refractivity contribution >= 4 is 34.8 Å². The summed E-state index contributed by atoms with van der Waals surface area (Å²) >= 11 is 11.6. The third-order valence-corrected chi connectivity index (χ3v) is 2.99. The average Bonchev–Trinajstić information content (AvgIpc) is 2.36. The molecule has 0 radical (unpaired) electrons. The van der Waals surface area contributed by atoms with Crippen molar-refractivity contribution in [2.75, 3.05) is 5.32 Å². The minimum absolute atomic E-state index is 0.00201. The van der Waals surface area contributed by atoms with Crippen LogP contribution in [0.5, 0.6) is 0 Å². The first-order chi connectivity index (χ1) is 8.97. The highest BCUT2D eigenvalue weighted by molar-refractivity contribution is 6.35. The van der Waals surface area contributed by atoms with E-state index in [1.54, 1.807) is 13.0 Å². The molecule has 1 aromatic heterocycles. The minimum atomic E-state index is -0.541. The van der Waals surface area contributed by atoms with Gasteiger partial charge in [0.25, 0.3) is 5.91 Å². The molecule has 2 rings (SSSR count). The lowest BCUT2D eigenvalue weighted by Gasteiger charge is -2.09. The SMILES string of the molecule is Cc1ccc(F)cc1NC(=O)c1nc(Cl)ccc1Cl. The molecule has 1 heterocycles. The number of nitrogens with zero attached hydrogens (tertiary/aromatic N) is 1. The Balaban J connectivity index is 2.30. The Morgan fingerprint density at radius 1 is 1.26 bits per heavy atom. The molecule has 0 fully saturated rings. The summed E-state index contributed by atoms with van der Waals surface area (Å²) in [6.07, 6.45) is 0. The molecule has 2 aromatic rings. The summed E-state index contributed by atoms with van der Waals surface area (Å²) in [4.78, 5) is 15.9. The van der Waals surface area contributed by atoms with Crippen LogP contribution >= 0.6 is 23.2 Å². The van der Waals surface area contributed by atoms with E-state index < -0.39 is 11.7 Å². The third-order valence-electron chi connectivity index (χ3n) is 2.47. The van der Waals surface area contributed by atoms with Crippen molar-refractivity contribution in [3.05, 3.63) is 57.6 Å². The van der Waals surface area contributed by atoms with Crippen molar-refractivity contribution in [2.45, 2.75) is 6.92 Å². The molecule has 19 heavy (non-hydrogen) atoms. The van der Waals surface area contributed by atoms with E-state index in [1.165, 1.54) is 24.3 Å². The number of hydrogen-bond donors (Lipinski definition) is 1. The van der Waals surface area contributed by atoms with E-state index >= 15 is 0 Å². The van der Waals surface area contributed by atoms with E-state index in [0.29, 0.717) is 5.69 Å². The first-order valence-corrected chi connectivity index (χ1v) is 6.12. The maximum absolute atomic E-state index is 13.1. The summed E-state index contributed by atoms with van der Waals surface area (Å²) in [7, 11) is 0. The van der Waals surface area contributed by atoms with E-state index in [4.69, 9.17) is 23.2 Å². The summed E-state index contributed by atoms with van der Waals surface area (Å²) in [6.45, 7) is 1.75. The largest absolute Gasteiger partial charge is 0.320 e. The van der Waals surface area contributed by atoms with Gasteiger partial charge in [0.1, 0.15) is 16.7 Å². The van der Waals surface area contributed by atoms with Gasteiger partial charge in [-0.2, -0.15) is 0 Å². The van der Waals surface area contributed by atoms with Gasteiger partial charge >= 0.3 is 0 Å². The molecule has 0 atom stereocenters. The number of hydrogen-bond acceptors (Lipinski definition) is 2. The smallest absolute Gasteiger partial charge is 0.275 e. The summed E-state index contributed by atoms with van der Waals surface area (Å²) < 4.78 is 13.1. The average molecular weight is 299 g/mol. The van der Waals surface area contributed by atoms with Gasteiger partial charge in [-0.3, -0.25) is 4.79 Å². The van der Waals surface area contributed by atoms with Crippen LogP contribution in [0.2, 0.25) is 10.2 Å². The number of aromatic nitrogens is 1. The van der Waals surface area contributed by atoms with Crippen molar-refractivity contribution in [3.63, 3.8) is 0 Å². The summed E-state index contributed by atoms with van der Waals surface area (Å²) in [5.74, 6) is -0.979. The second-order valence-corrected chi connectivity index (χ2v) is 4.67. The first kappa shape index (κ1) is 13.8. The number of rotatable bonds is 2. The second-order valence-electron chi connectivity index (χ2n) is 3.88. The Hall–Kier alpha value is -1.65. The Morgan fingerprint density at radius 3 is 2.74 bits per heavy atom. The molecule has 1 amide bonds. The lowest BCUT2D eigenvalue weighted by Crippen LogP contribution is -2.15. The quantitative estimate of drug-likeness (QED) is 0.849. The van der Waals surface area contributed by atoms with Crippen LogP contribution in [0.4, 0.5) is 10.1 Å². The molecule has 1 N–H and O–H groups in total. The van der Waals surface area contributed by atoms with Gasteiger partial charge in [0.15, 0.2) is 0 Å². The number of anilines is 1. The molecule has 0 aliphatic carbocycles. The zero-order valence-corrected chi connectivity index (χ0v) is 11.4. The van der Waals surface area contributed by atoms with Crippen LogP contribution in [-0.2, 0) is 0 Å². The summed E-state index contributed by atoms with van der Waals surface area (Å²) in [5, 5.41) is 2.89. The van der Waals surface area contributed by atoms with Crippen molar-refractivity contribution in [1.29, 1.82) is 0 Å². The maximum Gasteiger partial charge on any atom is 0.275 e. The fourth-order valence-electron chi connectivity index (χ4n) is 1.49. The molecule has 0 unspecified atom stereocenters. The van der Waals surface area contributed by atoms with Gasteiger partial charge < -0.3 is 5.32 Å². The number of pyridine rings is 1. The highest BCUT2D eigenvalue weighted by Crippen LogP contribution is 2.20. The fourth-order valence-corrected chi connectivity index (χ4v) is 1.83. The summed E-state index contributed by atoms with van der Waals surface area (Å²) in [5.41, 5.74) is 1.09. The minimum Gasteiger partial charge on any atom is -0.320 e. The monoisotopic (exact) mass is 298 g/mol. The number of benzene rings is 1. The van der Waals surface area contributed by atoms with Crippen LogP contribution in [0, 0.1) is 12.7 Å². The standard InChI is InChI=1S/C13H9Cl2FN2O/c1-7-2-3-8(16)6-10(7)17-13(19)12-9(14)4-5-11(15)18-12/h2-6H,1H3,(H,17,19). The zero-order valence-electron chi connectivity index (χ0n) is 9.88.